The second kappa shape index (κ2) is 7.31. The molecule has 0 spiro atoms. The van der Waals surface area contributed by atoms with Crippen LogP contribution in [0, 0.1) is 0 Å². The minimum absolute atomic E-state index is 0.275. The maximum atomic E-state index is 6.04. The van der Waals surface area contributed by atoms with E-state index in [-0.39, 0.29) is 6.10 Å². The maximum absolute atomic E-state index is 6.04. The smallest absolute Gasteiger partial charge is 0.164 e. The molecule has 1 unspecified atom stereocenters. The predicted octanol–water partition coefficient (Wildman–Crippen LogP) is 2.94. The topological polar surface area (TPSA) is 43.8 Å². The minimum Gasteiger partial charge on any atom is -0.493 e. The van der Waals surface area contributed by atoms with Crippen molar-refractivity contribution >= 4 is 0 Å². The Morgan fingerprint density at radius 1 is 1.16 bits per heavy atom. The van der Waals surface area contributed by atoms with E-state index in [4.69, 9.17) is 14.2 Å². The van der Waals surface area contributed by atoms with Crippen molar-refractivity contribution in [1.82, 2.24) is 9.88 Å². The molecule has 5 heteroatoms. The van der Waals surface area contributed by atoms with Crippen molar-refractivity contribution in [2.45, 2.75) is 31.4 Å². The molecule has 0 aliphatic carbocycles. The molecule has 1 fully saturated rings. The molecule has 2 aromatic rings. The molecule has 5 nitrogen and oxygen atoms in total. The Bertz CT molecular complexity index is 699. The number of methoxy groups -OCH3 is 1. The predicted molar refractivity (Wildman–Crippen MR) is 95.4 cm³/mol. The summed E-state index contributed by atoms with van der Waals surface area (Å²) in [6.07, 6.45) is 6.92. The fourth-order valence-electron chi connectivity index (χ4n) is 3.74. The molecule has 0 bridgehead atoms. The molecule has 2 aliphatic rings. The summed E-state index contributed by atoms with van der Waals surface area (Å²) in [6.45, 7) is 2.80. The Morgan fingerprint density at radius 3 is 2.80 bits per heavy atom. The first kappa shape index (κ1) is 16.2. The van der Waals surface area contributed by atoms with Crippen LogP contribution in [-0.4, -0.2) is 48.8 Å². The number of fused-ring (bicyclic) bond motifs is 1. The van der Waals surface area contributed by atoms with Gasteiger partial charge in [-0.15, -0.1) is 0 Å². The fraction of sp³-hybridized carbons (Fsp3) is 0.450. The Hall–Kier alpha value is -2.27. The van der Waals surface area contributed by atoms with Crippen molar-refractivity contribution in [1.29, 1.82) is 0 Å². The molecular weight excluding hydrogens is 316 g/mol. The first-order valence-electron chi connectivity index (χ1n) is 8.93. The van der Waals surface area contributed by atoms with E-state index in [0.717, 1.165) is 56.2 Å². The number of hydrogen-bond donors (Lipinski definition) is 0. The minimum atomic E-state index is 0.275. The van der Waals surface area contributed by atoms with Gasteiger partial charge in [0.05, 0.1) is 13.3 Å². The van der Waals surface area contributed by atoms with E-state index >= 15 is 0 Å². The summed E-state index contributed by atoms with van der Waals surface area (Å²) in [6, 6.07) is 10.5. The summed E-state index contributed by atoms with van der Waals surface area (Å²) in [5.41, 5.74) is 1.24. The number of para-hydroxylation sites is 1. The van der Waals surface area contributed by atoms with E-state index in [2.05, 4.69) is 16.0 Å². The number of nitrogens with zero attached hydrogens (tertiary/aromatic N) is 2. The zero-order valence-electron chi connectivity index (χ0n) is 14.6. The monoisotopic (exact) mass is 340 g/mol. The molecule has 0 amide bonds. The van der Waals surface area contributed by atoms with Gasteiger partial charge < -0.3 is 14.2 Å². The lowest BCUT2D eigenvalue weighted by Crippen LogP contribution is -2.48. The van der Waals surface area contributed by atoms with E-state index in [1.807, 2.05) is 24.3 Å². The van der Waals surface area contributed by atoms with E-state index in [0.29, 0.717) is 6.04 Å². The molecule has 1 aromatic carbocycles. The van der Waals surface area contributed by atoms with E-state index in [1.165, 1.54) is 5.56 Å². The summed E-state index contributed by atoms with van der Waals surface area (Å²) in [7, 11) is 1.69. The summed E-state index contributed by atoms with van der Waals surface area (Å²) in [4.78, 5) is 6.65. The van der Waals surface area contributed by atoms with Gasteiger partial charge in [-0.2, -0.15) is 0 Å². The van der Waals surface area contributed by atoms with Gasteiger partial charge in [-0.1, -0.05) is 12.1 Å². The van der Waals surface area contributed by atoms with Crippen molar-refractivity contribution < 1.29 is 14.2 Å². The van der Waals surface area contributed by atoms with E-state index < -0.39 is 0 Å². The van der Waals surface area contributed by atoms with Crippen LogP contribution < -0.4 is 14.2 Å². The average Bonchev–Trinajstić information content (AvgIpc) is 2.68. The van der Waals surface area contributed by atoms with Gasteiger partial charge in [0, 0.05) is 25.3 Å². The quantitative estimate of drug-likeness (QED) is 0.856. The van der Waals surface area contributed by atoms with Crippen LogP contribution in [0.3, 0.4) is 0 Å². The van der Waals surface area contributed by atoms with E-state index in [9.17, 15) is 0 Å². The SMILES string of the molecule is COc1cccc2c1OCC(N1CCC(Oc3cccnc3)CC1)C2. The highest BCUT2D eigenvalue weighted by molar-refractivity contribution is 5.48. The molecule has 1 atom stereocenters. The Kier molecular flexibility index (Phi) is 4.74. The van der Waals surface area contributed by atoms with Crippen molar-refractivity contribution in [3.8, 4) is 17.2 Å². The van der Waals surface area contributed by atoms with Gasteiger partial charge >= 0.3 is 0 Å². The molecule has 0 saturated carbocycles. The van der Waals surface area contributed by atoms with Gasteiger partial charge in [0.25, 0.3) is 0 Å². The lowest BCUT2D eigenvalue weighted by Gasteiger charge is -2.39. The third-order valence-corrected chi connectivity index (χ3v) is 5.09. The first-order valence-corrected chi connectivity index (χ1v) is 8.93. The summed E-state index contributed by atoms with van der Waals surface area (Å²) < 4.78 is 17.5. The molecule has 0 radical (unpaired) electrons. The highest BCUT2D eigenvalue weighted by Gasteiger charge is 2.30. The number of aromatic nitrogens is 1. The number of piperidine rings is 1. The first-order chi connectivity index (χ1) is 12.3. The van der Waals surface area contributed by atoms with E-state index in [1.54, 1.807) is 19.5 Å². The number of pyridine rings is 1. The largest absolute Gasteiger partial charge is 0.493 e. The van der Waals surface area contributed by atoms with Crippen LogP contribution in [0.5, 0.6) is 17.2 Å². The molecule has 3 heterocycles. The standard InChI is InChI=1S/C20H24N2O3/c1-23-19-6-2-4-15-12-16(14-24-20(15)19)22-10-7-17(8-11-22)25-18-5-3-9-21-13-18/h2-6,9,13,16-17H,7-8,10-12,14H2,1H3. The van der Waals surface area contributed by atoms with Gasteiger partial charge in [-0.25, -0.2) is 0 Å². The van der Waals surface area contributed by atoms with Crippen LogP contribution in [0.4, 0.5) is 0 Å². The zero-order chi connectivity index (χ0) is 17.1. The molecule has 25 heavy (non-hydrogen) atoms. The molecule has 2 aliphatic heterocycles. The van der Waals surface area contributed by atoms with Crippen LogP contribution >= 0.6 is 0 Å². The lowest BCUT2D eigenvalue weighted by molar-refractivity contribution is 0.0508. The van der Waals surface area contributed by atoms with Gasteiger partial charge in [-0.05, 0) is 43.0 Å². The summed E-state index contributed by atoms with van der Waals surface area (Å²) in [5, 5.41) is 0. The lowest BCUT2D eigenvalue weighted by atomic mass is 9.98. The maximum Gasteiger partial charge on any atom is 0.164 e. The Labute approximate surface area is 148 Å². The van der Waals surface area contributed by atoms with Gasteiger partial charge in [0.2, 0.25) is 0 Å². The van der Waals surface area contributed by atoms with Gasteiger partial charge in [-0.3, -0.25) is 9.88 Å². The summed E-state index contributed by atoms with van der Waals surface area (Å²) in [5.74, 6) is 2.61. The van der Waals surface area contributed by atoms with Crippen molar-refractivity contribution in [3.63, 3.8) is 0 Å². The summed E-state index contributed by atoms with van der Waals surface area (Å²) >= 11 is 0. The fourth-order valence-corrected chi connectivity index (χ4v) is 3.74. The number of likely N-dealkylation sites (tertiary alicyclic amines) is 1. The van der Waals surface area contributed by atoms with Crippen LogP contribution in [-0.2, 0) is 6.42 Å². The van der Waals surface area contributed by atoms with Crippen molar-refractivity contribution in [2.75, 3.05) is 26.8 Å². The highest BCUT2D eigenvalue weighted by atomic mass is 16.5. The number of benzene rings is 1. The molecule has 4 rings (SSSR count). The number of ether oxygens (including phenoxy) is 3. The Morgan fingerprint density at radius 2 is 2.04 bits per heavy atom. The average molecular weight is 340 g/mol. The van der Waals surface area contributed by atoms with Crippen LogP contribution in [0.15, 0.2) is 42.7 Å². The van der Waals surface area contributed by atoms with Gasteiger partial charge in [0.15, 0.2) is 11.5 Å². The molecule has 132 valence electrons. The molecular formula is C20H24N2O3. The third-order valence-electron chi connectivity index (χ3n) is 5.09. The normalized spacial score (nSPS) is 21.2. The highest BCUT2D eigenvalue weighted by Crippen LogP contribution is 2.36. The third kappa shape index (κ3) is 3.56. The second-order valence-electron chi connectivity index (χ2n) is 6.66. The van der Waals surface area contributed by atoms with Gasteiger partial charge in [0.1, 0.15) is 18.5 Å². The van der Waals surface area contributed by atoms with Crippen LogP contribution in [0.1, 0.15) is 18.4 Å². The van der Waals surface area contributed by atoms with Crippen LogP contribution in [0.25, 0.3) is 0 Å². The Balaban J connectivity index is 1.34. The molecule has 0 N–H and O–H groups in total. The van der Waals surface area contributed by atoms with Crippen molar-refractivity contribution in [2.24, 2.45) is 0 Å². The number of hydrogen-bond acceptors (Lipinski definition) is 5. The number of rotatable bonds is 4. The molecule has 1 aromatic heterocycles. The van der Waals surface area contributed by atoms with Crippen molar-refractivity contribution in [3.05, 3.63) is 48.3 Å². The molecule has 1 saturated heterocycles. The van der Waals surface area contributed by atoms with Crippen LogP contribution in [0.2, 0.25) is 0 Å². The zero-order valence-corrected chi connectivity index (χ0v) is 14.6. The second-order valence-corrected chi connectivity index (χ2v) is 6.66.